The van der Waals surface area contributed by atoms with E-state index in [-0.39, 0.29) is 23.8 Å². The summed E-state index contributed by atoms with van der Waals surface area (Å²) < 4.78 is 13.0. The highest BCUT2D eigenvalue weighted by molar-refractivity contribution is 6.07. The minimum atomic E-state index is -0.310. The summed E-state index contributed by atoms with van der Waals surface area (Å²) in [6.45, 7) is 2.69. The molecule has 0 radical (unpaired) electrons. The summed E-state index contributed by atoms with van der Waals surface area (Å²) in [7, 11) is 0. The molecule has 0 unspecified atom stereocenters. The quantitative estimate of drug-likeness (QED) is 0.646. The van der Waals surface area contributed by atoms with Gasteiger partial charge in [0.15, 0.2) is 0 Å². The number of halogens is 1. The van der Waals surface area contributed by atoms with Gasteiger partial charge in [0.2, 0.25) is 0 Å². The van der Waals surface area contributed by atoms with Crippen molar-refractivity contribution in [2.24, 2.45) is 0 Å². The SMILES string of the molecule is C[C@@H]1Cc2ccc(CNC(=O)NCc3ccc(F)cc3)cc2N1C(=O)c1ccccc1. The normalized spacial score (nSPS) is 14.8. The maximum Gasteiger partial charge on any atom is 0.315 e. The second-order valence-corrected chi connectivity index (χ2v) is 7.72. The Hall–Kier alpha value is -3.67. The first kappa shape index (κ1) is 20.6. The van der Waals surface area contributed by atoms with Gasteiger partial charge in [0.05, 0.1) is 0 Å². The van der Waals surface area contributed by atoms with E-state index >= 15 is 0 Å². The van der Waals surface area contributed by atoms with Crippen LogP contribution in [0.4, 0.5) is 14.9 Å². The molecule has 3 aromatic rings. The molecule has 4 rings (SSSR count). The second kappa shape index (κ2) is 9.00. The number of fused-ring (bicyclic) bond motifs is 1. The fraction of sp³-hybridized carbons (Fsp3) is 0.200. The van der Waals surface area contributed by atoms with Gasteiger partial charge in [0.1, 0.15) is 5.82 Å². The zero-order valence-corrected chi connectivity index (χ0v) is 17.3. The van der Waals surface area contributed by atoms with Crippen molar-refractivity contribution < 1.29 is 14.0 Å². The average molecular weight is 417 g/mol. The van der Waals surface area contributed by atoms with E-state index in [1.807, 2.05) is 60.4 Å². The molecule has 3 amide bonds. The summed E-state index contributed by atoms with van der Waals surface area (Å²) in [6.07, 6.45) is 0.805. The highest BCUT2D eigenvalue weighted by Gasteiger charge is 2.31. The minimum Gasteiger partial charge on any atom is -0.334 e. The van der Waals surface area contributed by atoms with Crippen molar-refractivity contribution in [1.29, 1.82) is 0 Å². The Bertz CT molecular complexity index is 1080. The lowest BCUT2D eigenvalue weighted by Gasteiger charge is -2.23. The van der Waals surface area contributed by atoms with E-state index in [1.165, 1.54) is 12.1 Å². The fourth-order valence-electron chi connectivity index (χ4n) is 3.82. The van der Waals surface area contributed by atoms with Crippen molar-refractivity contribution >= 4 is 17.6 Å². The summed E-state index contributed by atoms with van der Waals surface area (Å²) >= 11 is 0. The third-order valence-corrected chi connectivity index (χ3v) is 5.42. The van der Waals surface area contributed by atoms with Gasteiger partial charge in [-0.3, -0.25) is 4.79 Å². The van der Waals surface area contributed by atoms with Gasteiger partial charge in [-0.05, 0) is 60.4 Å². The Morgan fingerprint density at radius 2 is 1.58 bits per heavy atom. The molecule has 31 heavy (non-hydrogen) atoms. The molecule has 0 spiro atoms. The number of amides is 3. The zero-order valence-electron chi connectivity index (χ0n) is 17.3. The molecular weight excluding hydrogens is 393 g/mol. The molecule has 0 aliphatic carbocycles. The van der Waals surface area contributed by atoms with E-state index in [0.29, 0.717) is 18.7 Å². The monoisotopic (exact) mass is 417 g/mol. The van der Waals surface area contributed by atoms with Crippen LogP contribution in [-0.4, -0.2) is 18.0 Å². The Kier molecular flexibility index (Phi) is 5.98. The predicted molar refractivity (Wildman–Crippen MR) is 118 cm³/mol. The second-order valence-electron chi connectivity index (χ2n) is 7.72. The number of hydrogen-bond acceptors (Lipinski definition) is 2. The van der Waals surface area contributed by atoms with Crippen LogP contribution in [0.1, 0.15) is 34.0 Å². The first-order chi connectivity index (χ1) is 15.0. The standard InChI is InChI=1S/C25H24FN3O2/c1-17-13-21-10-7-19(14-23(21)29(17)24(30)20-5-3-2-4-6-20)16-28-25(31)27-15-18-8-11-22(26)12-9-18/h2-12,14,17H,13,15-16H2,1H3,(H2,27,28,31)/t17-/m1/s1. The van der Waals surface area contributed by atoms with Crippen LogP contribution >= 0.6 is 0 Å². The number of nitrogens with zero attached hydrogens (tertiary/aromatic N) is 1. The van der Waals surface area contributed by atoms with E-state index in [4.69, 9.17) is 0 Å². The highest BCUT2D eigenvalue weighted by Crippen LogP contribution is 2.34. The smallest absolute Gasteiger partial charge is 0.315 e. The van der Waals surface area contributed by atoms with Gasteiger partial charge in [0, 0.05) is 30.4 Å². The van der Waals surface area contributed by atoms with Gasteiger partial charge < -0.3 is 15.5 Å². The Balaban J connectivity index is 1.40. The van der Waals surface area contributed by atoms with Crippen LogP contribution in [-0.2, 0) is 19.5 Å². The molecule has 1 atom stereocenters. The molecule has 0 aromatic heterocycles. The number of carbonyl (C=O) groups is 2. The summed E-state index contributed by atoms with van der Waals surface area (Å²) in [4.78, 5) is 27.0. The fourth-order valence-corrected chi connectivity index (χ4v) is 3.82. The maximum absolute atomic E-state index is 13.1. The molecule has 0 bridgehead atoms. The number of hydrogen-bond donors (Lipinski definition) is 2. The maximum atomic E-state index is 13.1. The Morgan fingerprint density at radius 3 is 2.29 bits per heavy atom. The van der Waals surface area contributed by atoms with Gasteiger partial charge in [-0.25, -0.2) is 9.18 Å². The molecule has 5 nitrogen and oxygen atoms in total. The number of anilines is 1. The van der Waals surface area contributed by atoms with Crippen molar-refractivity contribution in [2.45, 2.75) is 32.5 Å². The van der Waals surface area contributed by atoms with Crippen molar-refractivity contribution in [1.82, 2.24) is 10.6 Å². The molecule has 3 aromatic carbocycles. The average Bonchev–Trinajstić information content (AvgIpc) is 3.12. The third-order valence-electron chi connectivity index (χ3n) is 5.42. The lowest BCUT2D eigenvalue weighted by molar-refractivity contribution is 0.0981. The number of urea groups is 1. The number of carbonyl (C=O) groups excluding carboxylic acids is 2. The molecule has 158 valence electrons. The van der Waals surface area contributed by atoms with Crippen LogP contribution < -0.4 is 15.5 Å². The van der Waals surface area contributed by atoms with Crippen molar-refractivity contribution in [3.63, 3.8) is 0 Å². The molecule has 1 aliphatic heterocycles. The number of rotatable bonds is 5. The van der Waals surface area contributed by atoms with Gasteiger partial charge >= 0.3 is 6.03 Å². The summed E-state index contributed by atoms with van der Waals surface area (Å²) in [5.74, 6) is -0.326. The molecule has 2 N–H and O–H groups in total. The first-order valence-corrected chi connectivity index (χ1v) is 10.3. The number of benzene rings is 3. The van der Waals surface area contributed by atoms with Gasteiger partial charge in [-0.1, -0.05) is 42.5 Å². The first-order valence-electron chi connectivity index (χ1n) is 10.3. The van der Waals surface area contributed by atoms with Gasteiger partial charge in [0.25, 0.3) is 5.91 Å². The van der Waals surface area contributed by atoms with Crippen LogP contribution in [0.25, 0.3) is 0 Å². The molecular formula is C25H24FN3O2. The highest BCUT2D eigenvalue weighted by atomic mass is 19.1. The molecule has 1 heterocycles. The van der Waals surface area contributed by atoms with Crippen LogP contribution in [0.5, 0.6) is 0 Å². The topological polar surface area (TPSA) is 61.4 Å². The van der Waals surface area contributed by atoms with Gasteiger partial charge in [-0.15, -0.1) is 0 Å². The Labute approximate surface area is 180 Å². The number of nitrogens with one attached hydrogen (secondary N) is 2. The predicted octanol–water partition coefficient (Wildman–Crippen LogP) is 4.42. The van der Waals surface area contributed by atoms with E-state index in [2.05, 4.69) is 10.6 Å². The van der Waals surface area contributed by atoms with Crippen molar-refractivity contribution in [2.75, 3.05) is 4.90 Å². The largest absolute Gasteiger partial charge is 0.334 e. The van der Waals surface area contributed by atoms with Crippen molar-refractivity contribution in [3.05, 3.63) is 101 Å². The van der Waals surface area contributed by atoms with Crippen LogP contribution in [0.3, 0.4) is 0 Å². The Morgan fingerprint density at radius 1 is 0.935 bits per heavy atom. The van der Waals surface area contributed by atoms with Crippen LogP contribution in [0.2, 0.25) is 0 Å². The van der Waals surface area contributed by atoms with E-state index < -0.39 is 0 Å². The third kappa shape index (κ3) is 4.74. The van der Waals surface area contributed by atoms with Crippen LogP contribution in [0, 0.1) is 5.82 Å². The molecule has 1 aliphatic rings. The van der Waals surface area contributed by atoms with E-state index in [9.17, 15) is 14.0 Å². The molecule has 0 fully saturated rings. The van der Waals surface area contributed by atoms with E-state index in [1.54, 1.807) is 12.1 Å². The molecule has 0 saturated heterocycles. The lowest BCUT2D eigenvalue weighted by Crippen LogP contribution is -2.36. The van der Waals surface area contributed by atoms with Crippen LogP contribution in [0.15, 0.2) is 72.8 Å². The minimum absolute atomic E-state index is 0.0194. The van der Waals surface area contributed by atoms with Gasteiger partial charge in [-0.2, -0.15) is 0 Å². The molecule has 6 heteroatoms. The summed E-state index contributed by atoms with van der Waals surface area (Å²) in [6, 6.07) is 21.0. The van der Waals surface area contributed by atoms with Crippen molar-refractivity contribution in [3.8, 4) is 0 Å². The van der Waals surface area contributed by atoms with E-state index in [0.717, 1.165) is 28.8 Å². The zero-order chi connectivity index (χ0) is 21.8. The molecule has 0 saturated carbocycles. The summed E-state index contributed by atoms with van der Waals surface area (Å²) in [5, 5.41) is 5.59. The lowest BCUT2D eigenvalue weighted by atomic mass is 10.1. The summed E-state index contributed by atoms with van der Waals surface area (Å²) in [5.41, 5.74) is 4.41.